The van der Waals surface area contributed by atoms with Crippen LogP contribution in [0, 0.1) is 0 Å². The predicted molar refractivity (Wildman–Crippen MR) is 136 cm³/mol. The summed E-state index contributed by atoms with van der Waals surface area (Å²) < 4.78 is 57.5. The van der Waals surface area contributed by atoms with E-state index in [9.17, 15) is 17.8 Å². The fourth-order valence-electron chi connectivity index (χ4n) is 3.36. The maximum Gasteiger partial charge on any atom is 0.354 e. The molecule has 3 aromatic rings. The van der Waals surface area contributed by atoms with Crippen molar-refractivity contribution in [3.63, 3.8) is 0 Å². The fourth-order valence-corrected chi connectivity index (χ4v) is 7.75. The molecule has 0 saturated carbocycles. The Labute approximate surface area is 213 Å². The van der Waals surface area contributed by atoms with Crippen LogP contribution in [-0.4, -0.2) is 45.5 Å². The second-order valence-electron chi connectivity index (χ2n) is 7.22. The molecular formula is C22H25Cl2N2O7PS. The van der Waals surface area contributed by atoms with Gasteiger partial charge in [-0.2, -0.15) is 0 Å². The van der Waals surface area contributed by atoms with Crippen molar-refractivity contribution in [1.29, 1.82) is 0 Å². The number of anilines is 1. The van der Waals surface area contributed by atoms with E-state index in [1.54, 1.807) is 39.0 Å². The number of halogens is 2. The highest BCUT2D eigenvalue weighted by Gasteiger charge is 2.35. The van der Waals surface area contributed by atoms with Gasteiger partial charge in [0.2, 0.25) is 0 Å². The number of fused-ring (bicyclic) bond motifs is 1. The Morgan fingerprint density at radius 3 is 2.17 bits per heavy atom. The van der Waals surface area contributed by atoms with Crippen LogP contribution >= 0.6 is 30.8 Å². The minimum atomic E-state index is -4.33. The first-order valence-electron chi connectivity index (χ1n) is 10.7. The van der Waals surface area contributed by atoms with E-state index in [2.05, 4.69) is 4.98 Å². The van der Waals surface area contributed by atoms with Gasteiger partial charge in [0, 0.05) is 20.9 Å². The second-order valence-corrected chi connectivity index (χ2v) is 12.0. The van der Waals surface area contributed by atoms with Crippen molar-refractivity contribution in [3.05, 3.63) is 58.2 Å². The van der Waals surface area contributed by atoms with Crippen LogP contribution in [0.5, 0.6) is 0 Å². The number of ether oxygens (including phenoxy) is 1. The Balaban J connectivity index is 2.16. The SMILES string of the molecule is CCOC(=O)c1cc2cc(N(CP(=O)(OCC)OCC)S(=O)(=O)c3cc(Cl)cc(Cl)c3)ccc2[nH]1. The molecule has 35 heavy (non-hydrogen) atoms. The van der Waals surface area contributed by atoms with E-state index in [1.807, 2.05) is 0 Å². The third kappa shape index (κ3) is 6.39. The highest BCUT2D eigenvalue weighted by Crippen LogP contribution is 2.50. The summed E-state index contributed by atoms with van der Waals surface area (Å²) in [5.74, 6) is -0.541. The summed E-state index contributed by atoms with van der Waals surface area (Å²) in [5, 5.41) is 0.778. The maximum atomic E-state index is 13.8. The molecule has 0 amide bonds. The number of aromatic amines is 1. The Morgan fingerprint density at radius 1 is 0.971 bits per heavy atom. The highest BCUT2D eigenvalue weighted by molar-refractivity contribution is 7.93. The molecule has 2 aromatic carbocycles. The van der Waals surface area contributed by atoms with Gasteiger partial charge < -0.3 is 18.8 Å². The van der Waals surface area contributed by atoms with E-state index in [4.69, 9.17) is 37.0 Å². The van der Waals surface area contributed by atoms with Crippen molar-refractivity contribution in [2.45, 2.75) is 25.7 Å². The number of benzene rings is 2. The van der Waals surface area contributed by atoms with Gasteiger partial charge in [-0.3, -0.25) is 8.87 Å². The largest absolute Gasteiger partial charge is 0.461 e. The molecule has 0 radical (unpaired) electrons. The van der Waals surface area contributed by atoms with Crippen LogP contribution in [0.2, 0.25) is 10.0 Å². The Bertz CT molecular complexity index is 1350. The number of hydrogen-bond acceptors (Lipinski definition) is 7. The molecule has 0 atom stereocenters. The van der Waals surface area contributed by atoms with Gasteiger partial charge in [-0.15, -0.1) is 0 Å². The van der Waals surface area contributed by atoms with Crippen molar-refractivity contribution in [2.24, 2.45) is 0 Å². The average Bonchev–Trinajstić information content (AvgIpc) is 3.21. The lowest BCUT2D eigenvalue weighted by Gasteiger charge is -2.28. The molecule has 1 heterocycles. The Hall–Kier alpha value is -2.07. The monoisotopic (exact) mass is 562 g/mol. The van der Waals surface area contributed by atoms with Crippen LogP contribution in [-0.2, 0) is 28.4 Å². The second kappa shape index (κ2) is 11.3. The minimum Gasteiger partial charge on any atom is -0.461 e. The van der Waals surface area contributed by atoms with E-state index in [0.717, 1.165) is 4.31 Å². The van der Waals surface area contributed by atoms with Gasteiger partial charge in [-0.1, -0.05) is 23.2 Å². The lowest BCUT2D eigenvalue weighted by Crippen LogP contribution is -2.33. The number of nitrogens with zero attached hydrogens (tertiary/aromatic N) is 1. The average molecular weight is 563 g/mol. The number of nitrogens with one attached hydrogen (secondary N) is 1. The first kappa shape index (κ1) is 27.5. The highest BCUT2D eigenvalue weighted by atomic mass is 35.5. The quantitative estimate of drug-likeness (QED) is 0.222. The predicted octanol–water partition coefficient (Wildman–Crippen LogP) is 6.07. The number of H-pyrrole nitrogens is 1. The summed E-state index contributed by atoms with van der Waals surface area (Å²) in [4.78, 5) is 14.9. The molecule has 0 aliphatic heterocycles. The van der Waals surface area contributed by atoms with E-state index in [-0.39, 0.29) is 46.1 Å². The lowest BCUT2D eigenvalue weighted by molar-refractivity contribution is 0.0520. The summed E-state index contributed by atoms with van der Waals surface area (Å²) >= 11 is 12.1. The molecule has 0 fully saturated rings. The molecule has 0 spiro atoms. The van der Waals surface area contributed by atoms with Gasteiger partial charge in [0.1, 0.15) is 12.0 Å². The van der Waals surface area contributed by atoms with Gasteiger partial charge in [0.15, 0.2) is 0 Å². The molecule has 0 aliphatic rings. The van der Waals surface area contributed by atoms with Crippen molar-refractivity contribution >= 4 is 63.4 Å². The Morgan fingerprint density at radius 2 is 1.60 bits per heavy atom. The molecule has 1 aromatic heterocycles. The normalized spacial score (nSPS) is 12.1. The molecular weight excluding hydrogens is 538 g/mol. The van der Waals surface area contributed by atoms with Crippen LogP contribution in [0.1, 0.15) is 31.3 Å². The number of aromatic nitrogens is 1. The molecule has 0 unspecified atom stereocenters. The van der Waals surface area contributed by atoms with Gasteiger partial charge in [-0.05, 0) is 63.2 Å². The minimum absolute atomic E-state index is 0.0495. The van der Waals surface area contributed by atoms with Crippen LogP contribution in [0.3, 0.4) is 0 Å². The first-order valence-corrected chi connectivity index (χ1v) is 14.6. The fraction of sp³-hybridized carbons (Fsp3) is 0.318. The summed E-state index contributed by atoms with van der Waals surface area (Å²) in [6.07, 6.45) is -0.595. The molecule has 13 heteroatoms. The van der Waals surface area contributed by atoms with Gasteiger partial charge >= 0.3 is 13.6 Å². The summed E-state index contributed by atoms with van der Waals surface area (Å²) in [6.45, 7) is 5.26. The number of carbonyl (C=O) groups excluding carboxylic acids is 1. The molecule has 0 bridgehead atoms. The molecule has 1 N–H and O–H groups in total. The van der Waals surface area contributed by atoms with Crippen molar-refractivity contribution in [1.82, 2.24) is 4.98 Å². The number of rotatable bonds is 11. The van der Waals surface area contributed by atoms with Crippen LogP contribution in [0.15, 0.2) is 47.4 Å². The zero-order valence-corrected chi connectivity index (χ0v) is 22.5. The van der Waals surface area contributed by atoms with Crippen LogP contribution in [0.4, 0.5) is 5.69 Å². The number of esters is 1. The lowest BCUT2D eigenvalue weighted by atomic mass is 10.2. The summed E-state index contributed by atoms with van der Waals surface area (Å²) in [7, 11) is -8.19. The molecule has 9 nitrogen and oxygen atoms in total. The van der Waals surface area contributed by atoms with Crippen LogP contribution < -0.4 is 4.31 Å². The topological polar surface area (TPSA) is 115 Å². The van der Waals surface area contributed by atoms with Crippen molar-refractivity contribution < 1.29 is 31.6 Å². The van der Waals surface area contributed by atoms with Gasteiger partial charge in [-0.25, -0.2) is 13.2 Å². The summed E-state index contributed by atoms with van der Waals surface area (Å²) in [6, 6.07) is 10.1. The molecule has 3 rings (SSSR count). The third-order valence-electron chi connectivity index (χ3n) is 4.76. The van der Waals surface area contributed by atoms with Gasteiger partial charge in [0.05, 0.1) is 30.4 Å². The van der Waals surface area contributed by atoms with Crippen molar-refractivity contribution in [2.75, 3.05) is 30.4 Å². The molecule has 190 valence electrons. The third-order valence-corrected chi connectivity index (χ3v) is 9.08. The standard InChI is InChI=1S/C22H25Cl2N2O7PS/c1-4-31-22(27)21-10-15-9-18(7-8-20(15)25-21)26(14-34(28,32-5-2)33-6-3)35(29,30)19-12-16(23)11-17(24)13-19/h7-13,25H,4-6,14H2,1-3H3. The number of carbonyl (C=O) groups is 1. The number of sulfonamides is 1. The smallest absolute Gasteiger partial charge is 0.354 e. The molecule has 0 saturated heterocycles. The zero-order chi connectivity index (χ0) is 25.8. The van der Waals surface area contributed by atoms with E-state index in [1.165, 1.54) is 24.3 Å². The maximum absolute atomic E-state index is 13.8. The van der Waals surface area contributed by atoms with Crippen molar-refractivity contribution in [3.8, 4) is 0 Å². The first-order chi connectivity index (χ1) is 16.5. The van der Waals surface area contributed by atoms with E-state index < -0.39 is 29.9 Å². The van der Waals surface area contributed by atoms with Gasteiger partial charge in [0.25, 0.3) is 10.0 Å². The molecule has 0 aliphatic carbocycles. The Kier molecular flexibility index (Phi) is 8.91. The van der Waals surface area contributed by atoms with Crippen LogP contribution in [0.25, 0.3) is 10.9 Å². The van der Waals surface area contributed by atoms with E-state index in [0.29, 0.717) is 10.9 Å². The number of hydrogen-bond donors (Lipinski definition) is 1. The van der Waals surface area contributed by atoms with E-state index >= 15 is 0 Å². The zero-order valence-electron chi connectivity index (χ0n) is 19.3. The summed E-state index contributed by atoms with van der Waals surface area (Å²) in [5.41, 5.74) is 0.963.